The molecule has 0 radical (unpaired) electrons. The van der Waals surface area contributed by atoms with Gasteiger partial charge >= 0.3 is 12.2 Å². The largest absolute Gasteiger partial charge is 0.453 e. The van der Waals surface area contributed by atoms with E-state index in [1.165, 1.54) is 64.9 Å². The number of unbranched alkanes of at least 4 members (excludes halogenated alkanes) is 8. The number of piperazine rings is 1. The molecule has 59 heavy (non-hydrogen) atoms. The summed E-state index contributed by atoms with van der Waals surface area (Å²) in [7, 11) is 1.41. The summed E-state index contributed by atoms with van der Waals surface area (Å²) in [5, 5.41) is 6.52. The predicted molar refractivity (Wildman–Crippen MR) is 236 cm³/mol. The Bertz CT molecular complexity index is 1670. The van der Waals surface area contributed by atoms with Crippen molar-refractivity contribution in [3.63, 3.8) is 0 Å². The quantitative estimate of drug-likeness (QED) is 0.0965. The first-order chi connectivity index (χ1) is 28.5. The molecule has 2 saturated heterocycles. The normalized spacial score (nSPS) is 18.0. The van der Waals surface area contributed by atoms with E-state index in [1.54, 1.807) is 0 Å². The summed E-state index contributed by atoms with van der Waals surface area (Å²) in [6.45, 7) is 16.3. The van der Waals surface area contributed by atoms with E-state index >= 15 is 0 Å². The molecule has 0 aliphatic carbocycles. The van der Waals surface area contributed by atoms with Crippen LogP contribution in [-0.4, -0.2) is 84.0 Å². The molecule has 3 heterocycles. The minimum absolute atomic E-state index is 0.0485. The number of benzene rings is 2. The van der Waals surface area contributed by atoms with Crippen LogP contribution in [0.1, 0.15) is 141 Å². The van der Waals surface area contributed by atoms with Gasteiger partial charge in [-0.25, -0.2) is 14.6 Å². The maximum Gasteiger partial charge on any atom is 0.410 e. The minimum atomic E-state index is -0.400. The topological polar surface area (TPSA) is 110 Å². The molecule has 3 unspecified atom stereocenters. The average molecular weight is 815 g/mol. The standard InChI is InChI=1S/C48H74N6O5/c1-37(2)41(51-46(55)57-6)34-52-29-19-22-42(52)45-50-33-44(54(45)36-58-31-18-13-11-9-7-8-10-12-17-27-48(3,4)5)40-25-23-39(24-26-40)43-32-49-28-30-53(43)47(56)59-35-38-20-15-14-16-21-38/h14-16,20-21,23-26,33,37,41-43,49H,7-13,17-19,22,27-32,34-36H2,1-6H3,(H,51,55). The lowest BCUT2D eigenvalue weighted by atomic mass is 9.89. The number of methoxy groups -OCH3 is 1. The number of imidazole rings is 1. The highest BCUT2D eigenvalue weighted by Crippen LogP contribution is 2.35. The van der Waals surface area contributed by atoms with Gasteiger partial charge in [-0.1, -0.05) is 141 Å². The molecule has 3 aromatic rings. The van der Waals surface area contributed by atoms with E-state index in [4.69, 9.17) is 19.2 Å². The number of nitrogens with zero attached hydrogens (tertiary/aromatic N) is 4. The number of alkyl carbamates (subject to hydrolysis) is 1. The maximum atomic E-state index is 13.3. The molecule has 2 aliphatic rings. The molecule has 2 fully saturated rings. The Morgan fingerprint density at radius 3 is 2.27 bits per heavy atom. The molecular weight excluding hydrogens is 741 g/mol. The van der Waals surface area contributed by atoms with Crippen molar-refractivity contribution in [2.45, 2.75) is 143 Å². The van der Waals surface area contributed by atoms with E-state index in [9.17, 15) is 9.59 Å². The first-order valence-corrected chi connectivity index (χ1v) is 22.5. The smallest absolute Gasteiger partial charge is 0.410 e. The van der Waals surface area contributed by atoms with Crippen LogP contribution in [0.5, 0.6) is 0 Å². The fraction of sp³-hybridized carbons (Fsp3) is 0.646. The number of aromatic nitrogens is 2. The Hall–Kier alpha value is -3.93. The van der Waals surface area contributed by atoms with E-state index in [0.717, 1.165) is 60.6 Å². The van der Waals surface area contributed by atoms with Gasteiger partial charge in [-0.15, -0.1) is 0 Å². The van der Waals surface area contributed by atoms with E-state index in [1.807, 2.05) is 41.4 Å². The Morgan fingerprint density at radius 1 is 0.898 bits per heavy atom. The molecule has 0 bridgehead atoms. The van der Waals surface area contributed by atoms with Crippen LogP contribution >= 0.6 is 0 Å². The van der Waals surface area contributed by atoms with Gasteiger partial charge in [0.2, 0.25) is 0 Å². The zero-order valence-corrected chi connectivity index (χ0v) is 37.1. The van der Waals surface area contributed by atoms with Crippen molar-refractivity contribution in [1.82, 2.24) is 30.0 Å². The second-order valence-electron chi connectivity index (χ2n) is 18.2. The van der Waals surface area contributed by atoms with Crippen LogP contribution < -0.4 is 10.6 Å². The van der Waals surface area contributed by atoms with Gasteiger partial charge in [0.1, 0.15) is 19.2 Å². The highest BCUT2D eigenvalue weighted by Gasteiger charge is 2.34. The van der Waals surface area contributed by atoms with Gasteiger partial charge in [-0.05, 0) is 60.3 Å². The zero-order chi connectivity index (χ0) is 42.0. The summed E-state index contributed by atoms with van der Waals surface area (Å²) in [5.74, 6) is 1.24. The molecule has 1 aromatic heterocycles. The number of carbonyl (C=O) groups excluding carboxylic acids is 2. The second-order valence-corrected chi connectivity index (χ2v) is 18.2. The SMILES string of the molecule is COC(=O)NC(CN1CCCC1c1ncc(-c2ccc(C3CNCCN3C(=O)OCc3ccccc3)cc2)n1COCCCCCCCCCCCC(C)(C)C)C(C)C. The van der Waals surface area contributed by atoms with Crippen molar-refractivity contribution in [3.8, 4) is 11.3 Å². The number of nitrogens with one attached hydrogen (secondary N) is 2. The Morgan fingerprint density at radius 2 is 1.59 bits per heavy atom. The van der Waals surface area contributed by atoms with E-state index in [-0.39, 0.29) is 36.7 Å². The first-order valence-electron chi connectivity index (χ1n) is 22.5. The molecule has 2 amide bonds. The predicted octanol–water partition coefficient (Wildman–Crippen LogP) is 10.3. The number of likely N-dealkylation sites (tertiary alicyclic amines) is 1. The summed E-state index contributed by atoms with van der Waals surface area (Å²) in [4.78, 5) is 34.9. The third kappa shape index (κ3) is 14.6. The van der Waals surface area contributed by atoms with Crippen molar-refractivity contribution in [2.24, 2.45) is 11.3 Å². The molecule has 11 heteroatoms. The average Bonchev–Trinajstić information content (AvgIpc) is 3.88. The number of hydrogen-bond acceptors (Lipinski definition) is 8. The van der Waals surface area contributed by atoms with Gasteiger partial charge in [0, 0.05) is 38.8 Å². The van der Waals surface area contributed by atoms with Crippen molar-refractivity contribution in [3.05, 3.63) is 77.7 Å². The van der Waals surface area contributed by atoms with Crippen LogP contribution in [0.15, 0.2) is 60.8 Å². The van der Waals surface area contributed by atoms with Crippen molar-refractivity contribution in [1.29, 1.82) is 0 Å². The highest BCUT2D eigenvalue weighted by molar-refractivity contribution is 5.69. The van der Waals surface area contributed by atoms with Crippen LogP contribution in [0.25, 0.3) is 11.3 Å². The van der Waals surface area contributed by atoms with Crippen LogP contribution in [0.2, 0.25) is 0 Å². The molecule has 11 nitrogen and oxygen atoms in total. The van der Waals surface area contributed by atoms with Crippen LogP contribution in [0, 0.1) is 11.3 Å². The Balaban J connectivity index is 1.23. The summed E-state index contributed by atoms with van der Waals surface area (Å²) in [6, 6.07) is 18.3. The summed E-state index contributed by atoms with van der Waals surface area (Å²) in [5.41, 5.74) is 4.54. The number of ether oxygens (including phenoxy) is 3. The first kappa shape index (κ1) is 46.1. The number of carbonyl (C=O) groups is 2. The third-order valence-electron chi connectivity index (χ3n) is 12.0. The Labute approximate surface area is 354 Å². The number of hydrogen-bond donors (Lipinski definition) is 2. The van der Waals surface area contributed by atoms with Crippen LogP contribution in [0.3, 0.4) is 0 Å². The molecule has 0 saturated carbocycles. The van der Waals surface area contributed by atoms with Gasteiger partial charge in [0.05, 0.1) is 31.1 Å². The van der Waals surface area contributed by atoms with Gasteiger partial charge < -0.3 is 29.4 Å². The fourth-order valence-electron chi connectivity index (χ4n) is 8.40. The van der Waals surface area contributed by atoms with Crippen molar-refractivity contribution < 1.29 is 23.8 Å². The van der Waals surface area contributed by atoms with E-state index in [2.05, 4.69) is 79.0 Å². The third-order valence-corrected chi connectivity index (χ3v) is 12.0. The van der Waals surface area contributed by atoms with Gasteiger partial charge in [0.15, 0.2) is 0 Å². The van der Waals surface area contributed by atoms with Crippen LogP contribution in [0.4, 0.5) is 9.59 Å². The highest BCUT2D eigenvalue weighted by atomic mass is 16.6. The second kappa shape index (κ2) is 23.8. The summed E-state index contributed by atoms with van der Waals surface area (Å²) >= 11 is 0. The lowest BCUT2D eigenvalue weighted by molar-refractivity contribution is 0.0691. The summed E-state index contributed by atoms with van der Waals surface area (Å²) in [6.07, 6.45) is 16.2. The molecule has 2 aliphatic heterocycles. The van der Waals surface area contributed by atoms with Crippen molar-refractivity contribution >= 4 is 12.2 Å². The molecule has 2 N–H and O–H groups in total. The Kier molecular flexibility index (Phi) is 18.6. The minimum Gasteiger partial charge on any atom is -0.453 e. The van der Waals surface area contributed by atoms with Gasteiger partial charge in [-0.2, -0.15) is 0 Å². The number of amides is 2. The maximum absolute atomic E-state index is 13.3. The monoisotopic (exact) mass is 815 g/mol. The fourth-order valence-corrected chi connectivity index (χ4v) is 8.40. The molecule has 0 spiro atoms. The lowest BCUT2D eigenvalue weighted by Crippen LogP contribution is -2.48. The van der Waals surface area contributed by atoms with Crippen molar-refractivity contribution in [2.75, 3.05) is 46.4 Å². The summed E-state index contributed by atoms with van der Waals surface area (Å²) < 4.78 is 19.4. The van der Waals surface area contributed by atoms with E-state index < -0.39 is 6.09 Å². The zero-order valence-electron chi connectivity index (χ0n) is 37.1. The lowest BCUT2D eigenvalue weighted by Gasteiger charge is -2.35. The molecule has 326 valence electrons. The molecule has 2 aromatic carbocycles. The van der Waals surface area contributed by atoms with Gasteiger partial charge in [0.25, 0.3) is 0 Å². The van der Waals surface area contributed by atoms with E-state index in [0.29, 0.717) is 38.4 Å². The molecular formula is C48H74N6O5. The van der Waals surface area contributed by atoms with Crippen LogP contribution in [-0.2, 0) is 27.5 Å². The molecule has 3 atom stereocenters. The molecule has 5 rings (SSSR count). The van der Waals surface area contributed by atoms with Gasteiger partial charge in [-0.3, -0.25) is 9.80 Å². The number of rotatable bonds is 22.